The van der Waals surface area contributed by atoms with Crippen molar-refractivity contribution in [2.75, 3.05) is 11.9 Å². The summed E-state index contributed by atoms with van der Waals surface area (Å²) in [4.78, 5) is 19.5. The van der Waals surface area contributed by atoms with E-state index < -0.39 is 6.10 Å². The number of nitrogens with zero attached hydrogens (tertiary/aromatic N) is 1. The maximum Gasteiger partial charge on any atom is 0.269 e. The molecule has 6 nitrogen and oxygen atoms in total. The van der Waals surface area contributed by atoms with Crippen molar-refractivity contribution in [3.8, 4) is 11.5 Å². The highest BCUT2D eigenvalue weighted by Gasteiger charge is 2.27. The van der Waals surface area contributed by atoms with Gasteiger partial charge in [-0.1, -0.05) is 12.1 Å². The Labute approximate surface area is 126 Å². The SMILES string of the molecule is O=C(Nc1ccc2nc[nH]c2c1)C1COc2ccccc2O1. The molecule has 0 spiro atoms. The van der Waals surface area contributed by atoms with E-state index in [0.29, 0.717) is 17.2 Å². The van der Waals surface area contributed by atoms with Gasteiger partial charge >= 0.3 is 0 Å². The zero-order valence-corrected chi connectivity index (χ0v) is 11.6. The molecule has 0 bridgehead atoms. The van der Waals surface area contributed by atoms with Gasteiger partial charge < -0.3 is 19.8 Å². The molecule has 6 heteroatoms. The van der Waals surface area contributed by atoms with Crippen LogP contribution in [0.25, 0.3) is 11.0 Å². The zero-order valence-electron chi connectivity index (χ0n) is 11.6. The van der Waals surface area contributed by atoms with Gasteiger partial charge in [-0.25, -0.2) is 4.98 Å². The number of rotatable bonds is 2. The van der Waals surface area contributed by atoms with Crippen molar-refractivity contribution in [3.05, 3.63) is 48.8 Å². The van der Waals surface area contributed by atoms with E-state index in [1.165, 1.54) is 0 Å². The topological polar surface area (TPSA) is 76.2 Å². The van der Waals surface area contributed by atoms with Gasteiger partial charge in [-0.2, -0.15) is 0 Å². The molecule has 1 aliphatic heterocycles. The number of anilines is 1. The number of aromatic amines is 1. The average Bonchev–Trinajstić information content (AvgIpc) is 3.02. The predicted molar refractivity (Wildman–Crippen MR) is 81.1 cm³/mol. The molecule has 0 radical (unpaired) electrons. The van der Waals surface area contributed by atoms with Crippen molar-refractivity contribution in [2.24, 2.45) is 0 Å². The summed E-state index contributed by atoms with van der Waals surface area (Å²) in [7, 11) is 0. The number of amides is 1. The van der Waals surface area contributed by atoms with E-state index in [1.807, 2.05) is 30.3 Å². The van der Waals surface area contributed by atoms with Crippen LogP contribution in [0.2, 0.25) is 0 Å². The number of hydrogen-bond acceptors (Lipinski definition) is 4. The van der Waals surface area contributed by atoms with Crippen LogP contribution in [0.5, 0.6) is 11.5 Å². The molecular formula is C16H13N3O3. The number of carbonyl (C=O) groups excluding carboxylic acids is 1. The van der Waals surface area contributed by atoms with Gasteiger partial charge in [0.2, 0.25) is 6.10 Å². The largest absolute Gasteiger partial charge is 0.485 e. The Morgan fingerprint density at radius 1 is 1.23 bits per heavy atom. The fourth-order valence-electron chi connectivity index (χ4n) is 2.38. The summed E-state index contributed by atoms with van der Waals surface area (Å²) in [5.41, 5.74) is 2.40. The fraction of sp³-hybridized carbons (Fsp3) is 0.125. The maximum atomic E-state index is 12.3. The Balaban J connectivity index is 1.50. The Kier molecular flexibility index (Phi) is 2.93. The standard InChI is InChI=1S/C16H13N3O3/c20-16(15-8-21-13-3-1-2-4-14(13)22-15)19-10-5-6-11-12(7-10)18-9-17-11/h1-7,9,15H,8H2,(H,17,18)(H,19,20). The van der Waals surface area contributed by atoms with E-state index in [4.69, 9.17) is 9.47 Å². The first kappa shape index (κ1) is 12.7. The lowest BCUT2D eigenvalue weighted by atomic mass is 10.2. The summed E-state index contributed by atoms with van der Waals surface area (Å²) < 4.78 is 11.2. The monoisotopic (exact) mass is 295 g/mol. The van der Waals surface area contributed by atoms with Crippen molar-refractivity contribution in [1.82, 2.24) is 9.97 Å². The van der Waals surface area contributed by atoms with Crippen molar-refractivity contribution >= 4 is 22.6 Å². The van der Waals surface area contributed by atoms with Crippen LogP contribution in [-0.2, 0) is 4.79 Å². The molecule has 0 aliphatic carbocycles. The number of fused-ring (bicyclic) bond motifs is 2. The van der Waals surface area contributed by atoms with Crippen LogP contribution < -0.4 is 14.8 Å². The van der Waals surface area contributed by atoms with E-state index in [2.05, 4.69) is 15.3 Å². The molecule has 0 saturated heterocycles. The number of aromatic nitrogens is 2. The van der Waals surface area contributed by atoms with E-state index >= 15 is 0 Å². The van der Waals surface area contributed by atoms with Gasteiger partial charge in [-0.3, -0.25) is 4.79 Å². The Morgan fingerprint density at radius 3 is 3.00 bits per heavy atom. The fourth-order valence-corrected chi connectivity index (χ4v) is 2.38. The summed E-state index contributed by atoms with van der Waals surface area (Å²) in [5.74, 6) is 0.997. The second-order valence-electron chi connectivity index (χ2n) is 4.99. The minimum Gasteiger partial charge on any atom is -0.485 e. The lowest BCUT2D eigenvalue weighted by Crippen LogP contribution is -2.40. The van der Waals surface area contributed by atoms with Crippen LogP contribution >= 0.6 is 0 Å². The third kappa shape index (κ3) is 2.24. The lowest BCUT2D eigenvalue weighted by molar-refractivity contribution is -0.125. The normalized spacial score (nSPS) is 16.5. The molecule has 2 aromatic carbocycles. The summed E-state index contributed by atoms with van der Waals surface area (Å²) in [6.07, 6.45) is 0.943. The molecule has 1 amide bonds. The van der Waals surface area contributed by atoms with Crippen LogP contribution in [0, 0.1) is 0 Å². The third-order valence-electron chi connectivity index (χ3n) is 3.49. The van der Waals surface area contributed by atoms with Crippen LogP contribution in [0.4, 0.5) is 5.69 Å². The molecule has 2 heterocycles. The lowest BCUT2D eigenvalue weighted by Gasteiger charge is -2.25. The minimum absolute atomic E-state index is 0.190. The summed E-state index contributed by atoms with van der Waals surface area (Å²) in [5, 5.41) is 2.83. The van der Waals surface area contributed by atoms with Gasteiger partial charge in [0.15, 0.2) is 11.5 Å². The Morgan fingerprint density at radius 2 is 2.09 bits per heavy atom. The van der Waals surface area contributed by atoms with Crippen LogP contribution in [-0.4, -0.2) is 28.6 Å². The summed E-state index contributed by atoms with van der Waals surface area (Å²) in [6, 6.07) is 12.8. The first-order chi connectivity index (χ1) is 10.8. The molecule has 2 N–H and O–H groups in total. The van der Waals surface area contributed by atoms with Crippen molar-refractivity contribution in [3.63, 3.8) is 0 Å². The Hall–Kier alpha value is -3.02. The second kappa shape index (κ2) is 5.07. The molecule has 1 aliphatic rings. The molecule has 3 aromatic rings. The average molecular weight is 295 g/mol. The molecule has 1 aromatic heterocycles. The van der Waals surface area contributed by atoms with E-state index in [1.54, 1.807) is 18.5 Å². The van der Waals surface area contributed by atoms with Crippen molar-refractivity contribution in [1.29, 1.82) is 0 Å². The van der Waals surface area contributed by atoms with E-state index in [0.717, 1.165) is 11.0 Å². The quantitative estimate of drug-likeness (QED) is 0.761. The van der Waals surface area contributed by atoms with Gasteiger partial charge in [0, 0.05) is 5.69 Å². The van der Waals surface area contributed by atoms with Crippen molar-refractivity contribution < 1.29 is 14.3 Å². The second-order valence-corrected chi connectivity index (χ2v) is 4.99. The minimum atomic E-state index is -0.674. The Bertz CT molecular complexity index is 843. The smallest absolute Gasteiger partial charge is 0.269 e. The summed E-state index contributed by atoms with van der Waals surface area (Å²) in [6.45, 7) is 0.190. The number of carbonyl (C=O) groups is 1. The first-order valence-corrected chi connectivity index (χ1v) is 6.92. The third-order valence-corrected chi connectivity index (χ3v) is 3.49. The molecule has 110 valence electrons. The van der Waals surface area contributed by atoms with Crippen LogP contribution in [0.1, 0.15) is 0 Å². The molecule has 4 rings (SSSR count). The van der Waals surface area contributed by atoms with Crippen LogP contribution in [0.15, 0.2) is 48.8 Å². The molecular weight excluding hydrogens is 282 g/mol. The molecule has 0 fully saturated rings. The van der Waals surface area contributed by atoms with Gasteiger partial charge in [0.1, 0.15) is 6.61 Å². The van der Waals surface area contributed by atoms with Gasteiger partial charge in [0.25, 0.3) is 5.91 Å². The van der Waals surface area contributed by atoms with Crippen LogP contribution in [0.3, 0.4) is 0 Å². The van der Waals surface area contributed by atoms with E-state index in [-0.39, 0.29) is 12.5 Å². The van der Waals surface area contributed by atoms with Gasteiger partial charge in [-0.15, -0.1) is 0 Å². The summed E-state index contributed by atoms with van der Waals surface area (Å²) >= 11 is 0. The number of H-pyrrole nitrogens is 1. The van der Waals surface area contributed by atoms with Crippen molar-refractivity contribution in [2.45, 2.75) is 6.10 Å². The van der Waals surface area contributed by atoms with Gasteiger partial charge in [-0.05, 0) is 30.3 Å². The number of benzene rings is 2. The number of ether oxygens (including phenoxy) is 2. The number of nitrogens with one attached hydrogen (secondary N) is 2. The van der Waals surface area contributed by atoms with E-state index in [9.17, 15) is 4.79 Å². The number of para-hydroxylation sites is 2. The molecule has 22 heavy (non-hydrogen) atoms. The molecule has 1 atom stereocenters. The number of hydrogen-bond donors (Lipinski definition) is 2. The highest BCUT2D eigenvalue weighted by molar-refractivity contribution is 5.96. The predicted octanol–water partition coefficient (Wildman–Crippen LogP) is 2.34. The zero-order chi connectivity index (χ0) is 14.9. The first-order valence-electron chi connectivity index (χ1n) is 6.92. The highest BCUT2D eigenvalue weighted by Crippen LogP contribution is 2.31. The molecule has 0 saturated carbocycles. The maximum absolute atomic E-state index is 12.3. The molecule has 1 unspecified atom stereocenters. The number of imidazole rings is 1. The van der Waals surface area contributed by atoms with Gasteiger partial charge in [0.05, 0.1) is 17.4 Å². The highest BCUT2D eigenvalue weighted by atomic mass is 16.6.